The van der Waals surface area contributed by atoms with Gasteiger partial charge in [0.05, 0.1) is 0 Å². The molecule has 0 aromatic rings. The van der Waals surface area contributed by atoms with Crippen molar-refractivity contribution in [2.75, 3.05) is 32.7 Å². The highest BCUT2D eigenvalue weighted by Crippen LogP contribution is 2.01. The molecule has 0 aromatic carbocycles. The summed E-state index contributed by atoms with van der Waals surface area (Å²) in [7, 11) is 0. The summed E-state index contributed by atoms with van der Waals surface area (Å²) in [6.07, 6.45) is 2.03. The molecular formula is C12H27N3. The van der Waals surface area contributed by atoms with Gasteiger partial charge in [0.15, 0.2) is 0 Å². The lowest BCUT2D eigenvalue weighted by Gasteiger charge is -2.32. The number of piperazine rings is 1. The number of hydrazone groups is 1. The van der Waals surface area contributed by atoms with Gasteiger partial charge in [0.2, 0.25) is 0 Å². The normalized spacial score (nSPS) is 18.1. The molecule has 3 heteroatoms. The van der Waals surface area contributed by atoms with Gasteiger partial charge < -0.3 is 0 Å². The molecule has 0 radical (unpaired) electrons. The third-order valence-electron chi connectivity index (χ3n) is 2.32. The third-order valence-corrected chi connectivity index (χ3v) is 2.32. The van der Waals surface area contributed by atoms with Crippen molar-refractivity contribution in [2.24, 2.45) is 11.0 Å². The van der Waals surface area contributed by atoms with E-state index in [0.29, 0.717) is 5.92 Å². The minimum atomic E-state index is 0.559. The van der Waals surface area contributed by atoms with Gasteiger partial charge in [0.25, 0.3) is 0 Å². The zero-order valence-corrected chi connectivity index (χ0v) is 11.0. The molecule has 1 aliphatic heterocycles. The molecule has 90 valence electrons. The van der Waals surface area contributed by atoms with E-state index in [0.717, 1.165) is 26.2 Å². The van der Waals surface area contributed by atoms with Crippen LogP contribution in [0.1, 0.15) is 34.6 Å². The first-order valence-corrected chi connectivity index (χ1v) is 6.23. The van der Waals surface area contributed by atoms with Crippen LogP contribution < -0.4 is 0 Å². The monoisotopic (exact) mass is 213 g/mol. The van der Waals surface area contributed by atoms with E-state index in [1.54, 1.807) is 0 Å². The van der Waals surface area contributed by atoms with Crippen LogP contribution in [0, 0.1) is 5.92 Å². The maximum atomic E-state index is 4.43. The van der Waals surface area contributed by atoms with Gasteiger partial charge in [0.1, 0.15) is 0 Å². The summed E-state index contributed by atoms with van der Waals surface area (Å²) >= 11 is 0. The zero-order valence-electron chi connectivity index (χ0n) is 11.0. The lowest BCUT2D eigenvalue weighted by atomic mass is 10.3. The maximum absolute atomic E-state index is 4.43. The van der Waals surface area contributed by atoms with Crippen molar-refractivity contribution in [3.8, 4) is 0 Å². The molecule has 0 aliphatic carbocycles. The van der Waals surface area contributed by atoms with Gasteiger partial charge >= 0.3 is 0 Å². The van der Waals surface area contributed by atoms with Crippen LogP contribution in [0.4, 0.5) is 0 Å². The van der Waals surface area contributed by atoms with E-state index in [2.05, 4.69) is 35.8 Å². The molecule has 1 saturated heterocycles. The van der Waals surface area contributed by atoms with Crippen LogP contribution in [0.25, 0.3) is 0 Å². The van der Waals surface area contributed by atoms with Gasteiger partial charge in [0, 0.05) is 32.4 Å². The van der Waals surface area contributed by atoms with Crippen molar-refractivity contribution in [2.45, 2.75) is 34.6 Å². The predicted molar refractivity (Wildman–Crippen MR) is 68.4 cm³/mol. The number of hydrogen-bond donors (Lipinski definition) is 0. The van der Waals surface area contributed by atoms with E-state index in [-0.39, 0.29) is 0 Å². The Balaban J connectivity index is 0.000000921. The Kier molecular flexibility index (Phi) is 8.38. The second-order valence-corrected chi connectivity index (χ2v) is 3.90. The average Bonchev–Trinajstić information content (AvgIpc) is 2.30. The standard InChI is InChI=1S/C10H21N3.C2H6/c1-4-12-5-7-13(8-6-12)11-9-10(2)3;1-2/h9-10H,4-8H2,1-3H3;1-2H3/b11-9+;. The molecule has 0 unspecified atom stereocenters. The lowest BCUT2D eigenvalue weighted by Crippen LogP contribution is -2.43. The molecule has 0 bridgehead atoms. The second-order valence-electron chi connectivity index (χ2n) is 3.90. The van der Waals surface area contributed by atoms with Gasteiger partial charge in [-0.15, -0.1) is 0 Å². The molecule has 15 heavy (non-hydrogen) atoms. The molecule has 1 rings (SSSR count). The Morgan fingerprint density at radius 1 is 1.13 bits per heavy atom. The topological polar surface area (TPSA) is 18.8 Å². The molecule has 0 N–H and O–H groups in total. The summed E-state index contributed by atoms with van der Waals surface area (Å²) in [6.45, 7) is 16.2. The summed E-state index contributed by atoms with van der Waals surface area (Å²) < 4.78 is 0. The van der Waals surface area contributed by atoms with Crippen molar-refractivity contribution in [1.29, 1.82) is 0 Å². The first-order chi connectivity index (χ1) is 7.22. The lowest BCUT2D eigenvalue weighted by molar-refractivity contribution is 0.141. The second kappa shape index (κ2) is 8.72. The minimum absolute atomic E-state index is 0.559. The smallest absolute Gasteiger partial charge is 0.0488 e. The largest absolute Gasteiger partial charge is 0.300 e. The van der Waals surface area contributed by atoms with Crippen molar-refractivity contribution >= 4 is 6.21 Å². The first kappa shape index (κ1) is 14.4. The molecule has 1 fully saturated rings. The van der Waals surface area contributed by atoms with Gasteiger partial charge in [-0.05, 0) is 12.5 Å². The Hall–Kier alpha value is -0.570. The van der Waals surface area contributed by atoms with Gasteiger partial charge in [-0.2, -0.15) is 5.10 Å². The Morgan fingerprint density at radius 2 is 1.67 bits per heavy atom. The van der Waals surface area contributed by atoms with E-state index in [1.165, 1.54) is 6.54 Å². The number of hydrogen-bond acceptors (Lipinski definition) is 3. The molecule has 1 aliphatic rings. The minimum Gasteiger partial charge on any atom is -0.300 e. The first-order valence-electron chi connectivity index (χ1n) is 6.23. The van der Waals surface area contributed by atoms with E-state index >= 15 is 0 Å². The van der Waals surface area contributed by atoms with E-state index in [1.807, 2.05) is 20.1 Å². The van der Waals surface area contributed by atoms with Crippen LogP contribution >= 0.6 is 0 Å². The molecule has 0 saturated carbocycles. The van der Waals surface area contributed by atoms with Crippen LogP contribution in [0.15, 0.2) is 5.10 Å². The molecule has 0 aromatic heterocycles. The van der Waals surface area contributed by atoms with Crippen LogP contribution in [0.2, 0.25) is 0 Å². The van der Waals surface area contributed by atoms with Crippen molar-refractivity contribution in [3.05, 3.63) is 0 Å². The molecular weight excluding hydrogens is 186 g/mol. The summed E-state index contributed by atoms with van der Waals surface area (Å²) in [5.74, 6) is 0.559. The van der Waals surface area contributed by atoms with E-state index < -0.39 is 0 Å². The van der Waals surface area contributed by atoms with Gasteiger partial charge in [-0.25, -0.2) is 0 Å². The quantitative estimate of drug-likeness (QED) is 0.670. The molecule has 1 heterocycles. The fourth-order valence-electron chi connectivity index (χ4n) is 1.40. The Morgan fingerprint density at radius 3 is 2.07 bits per heavy atom. The maximum Gasteiger partial charge on any atom is 0.0488 e. The molecule has 0 spiro atoms. The van der Waals surface area contributed by atoms with Gasteiger partial charge in [-0.1, -0.05) is 34.6 Å². The fourth-order valence-corrected chi connectivity index (χ4v) is 1.40. The van der Waals surface area contributed by atoms with Crippen LogP contribution in [0.5, 0.6) is 0 Å². The van der Waals surface area contributed by atoms with E-state index in [9.17, 15) is 0 Å². The van der Waals surface area contributed by atoms with E-state index in [4.69, 9.17) is 0 Å². The Bertz CT molecular complexity index is 158. The van der Waals surface area contributed by atoms with Crippen molar-refractivity contribution < 1.29 is 0 Å². The van der Waals surface area contributed by atoms with Crippen LogP contribution in [-0.4, -0.2) is 48.8 Å². The average molecular weight is 213 g/mol. The fraction of sp³-hybridized carbons (Fsp3) is 0.917. The summed E-state index contributed by atoms with van der Waals surface area (Å²) in [5.41, 5.74) is 0. The summed E-state index contributed by atoms with van der Waals surface area (Å²) in [4.78, 5) is 2.46. The molecule has 0 amide bonds. The summed E-state index contributed by atoms with van der Waals surface area (Å²) in [6, 6.07) is 0. The highest BCUT2D eigenvalue weighted by molar-refractivity contribution is 5.59. The molecule has 0 atom stereocenters. The predicted octanol–water partition coefficient (Wildman–Crippen LogP) is 2.29. The van der Waals surface area contributed by atoms with Crippen molar-refractivity contribution in [1.82, 2.24) is 9.91 Å². The van der Waals surface area contributed by atoms with Crippen LogP contribution in [0.3, 0.4) is 0 Å². The SMILES string of the molecule is CC.CCN1CCN(/N=C/C(C)C)CC1. The Labute approximate surface area is 95.1 Å². The third kappa shape index (κ3) is 6.50. The number of nitrogens with zero attached hydrogens (tertiary/aromatic N) is 3. The number of likely N-dealkylation sites (N-methyl/N-ethyl adjacent to an activating group) is 1. The molecule has 3 nitrogen and oxygen atoms in total. The summed E-state index contributed by atoms with van der Waals surface area (Å²) in [5, 5.41) is 6.61. The van der Waals surface area contributed by atoms with Gasteiger partial charge in [-0.3, -0.25) is 9.91 Å². The number of rotatable bonds is 3. The van der Waals surface area contributed by atoms with Crippen molar-refractivity contribution in [3.63, 3.8) is 0 Å². The highest BCUT2D eigenvalue weighted by atomic mass is 15.5. The van der Waals surface area contributed by atoms with Crippen LogP contribution in [-0.2, 0) is 0 Å². The highest BCUT2D eigenvalue weighted by Gasteiger charge is 2.12. The zero-order chi connectivity index (χ0) is 11.7.